The minimum atomic E-state index is -3.73. The number of nitrogens with zero attached hydrogens (tertiary/aromatic N) is 3. The molecule has 2 heterocycles. The minimum Gasteiger partial charge on any atom is -0.380 e. The monoisotopic (exact) mass is 378 g/mol. The number of rotatable bonds is 6. The summed E-state index contributed by atoms with van der Waals surface area (Å²) in [7, 11) is -0.624. The number of carbonyl (C=O) groups is 1. The lowest BCUT2D eigenvalue weighted by molar-refractivity contribution is 0.0724. The molecule has 1 N–H and O–H groups in total. The van der Waals surface area contributed by atoms with Gasteiger partial charge in [-0.3, -0.25) is 4.79 Å². The molecule has 0 spiro atoms. The van der Waals surface area contributed by atoms with E-state index in [1.165, 1.54) is 23.5 Å². The van der Waals surface area contributed by atoms with Gasteiger partial charge in [-0.25, -0.2) is 13.4 Å². The Morgan fingerprint density at radius 3 is 2.92 bits per heavy atom. The minimum absolute atomic E-state index is 0.0327. The van der Waals surface area contributed by atoms with Crippen LogP contribution in [0.2, 0.25) is 0 Å². The third kappa shape index (κ3) is 3.79. The number of nitrogens with one attached hydrogen (secondary N) is 1. The Bertz CT molecular complexity index is 867. The molecule has 2 aromatic rings. The number of ether oxygens (including phenoxy) is 1. The van der Waals surface area contributed by atoms with Crippen LogP contribution in [0.25, 0.3) is 0 Å². The van der Waals surface area contributed by atoms with Crippen LogP contribution >= 0.6 is 0 Å². The van der Waals surface area contributed by atoms with Gasteiger partial charge in [-0.15, -0.1) is 0 Å². The van der Waals surface area contributed by atoms with Crippen LogP contribution in [0.4, 0.5) is 0 Å². The maximum Gasteiger partial charge on any atom is 0.253 e. The quantitative estimate of drug-likeness (QED) is 0.812. The van der Waals surface area contributed by atoms with Gasteiger partial charge in [0.2, 0.25) is 10.0 Å². The van der Waals surface area contributed by atoms with E-state index in [0.717, 1.165) is 6.42 Å². The Hall–Kier alpha value is -2.23. The third-order valence-corrected chi connectivity index (χ3v) is 6.28. The predicted octanol–water partition coefficient (Wildman–Crippen LogP) is 1.09. The normalized spacial score (nSPS) is 17.8. The molecule has 1 aliphatic rings. The molecule has 1 aromatic heterocycles. The first kappa shape index (κ1) is 18.6. The summed E-state index contributed by atoms with van der Waals surface area (Å²) in [6.07, 6.45) is 4.02. The van der Waals surface area contributed by atoms with E-state index >= 15 is 0 Å². The zero-order chi connectivity index (χ0) is 18.7. The third-order valence-electron chi connectivity index (χ3n) is 4.48. The van der Waals surface area contributed by atoms with Crippen molar-refractivity contribution in [3.8, 4) is 0 Å². The first-order valence-corrected chi connectivity index (χ1v) is 9.72. The van der Waals surface area contributed by atoms with Crippen molar-refractivity contribution in [1.82, 2.24) is 19.2 Å². The van der Waals surface area contributed by atoms with E-state index < -0.39 is 10.0 Å². The highest BCUT2D eigenvalue weighted by molar-refractivity contribution is 7.89. The van der Waals surface area contributed by atoms with E-state index in [-0.39, 0.29) is 23.5 Å². The first-order valence-electron chi connectivity index (χ1n) is 8.28. The van der Waals surface area contributed by atoms with Crippen molar-refractivity contribution in [3.63, 3.8) is 0 Å². The van der Waals surface area contributed by atoms with Gasteiger partial charge in [0, 0.05) is 45.2 Å². The van der Waals surface area contributed by atoms with E-state index in [9.17, 15) is 13.2 Å². The van der Waals surface area contributed by atoms with E-state index in [0.29, 0.717) is 24.5 Å². The summed E-state index contributed by atoms with van der Waals surface area (Å²) in [6, 6.07) is 6.14. The Kier molecular flexibility index (Phi) is 5.40. The molecule has 0 saturated carbocycles. The molecule has 26 heavy (non-hydrogen) atoms. The van der Waals surface area contributed by atoms with Gasteiger partial charge < -0.3 is 14.6 Å². The van der Waals surface area contributed by atoms with Gasteiger partial charge in [-0.2, -0.15) is 4.31 Å². The van der Waals surface area contributed by atoms with Gasteiger partial charge in [0.05, 0.1) is 17.5 Å². The second kappa shape index (κ2) is 7.56. The molecular weight excluding hydrogens is 356 g/mol. The molecule has 0 aliphatic carbocycles. The Labute approximate surface area is 152 Å². The number of benzene rings is 1. The molecule has 0 bridgehead atoms. The van der Waals surface area contributed by atoms with Crippen molar-refractivity contribution in [2.75, 3.05) is 27.2 Å². The number of aromatic amines is 1. The number of carbonyl (C=O) groups excluding carboxylic acids is 1. The summed E-state index contributed by atoms with van der Waals surface area (Å²) >= 11 is 0. The summed E-state index contributed by atoms with van der Waals surface area (Å²) in [5, 5.41) is 0. The zero-order valence-corrected chi connectivity index (χ0v) is 15.6. The molecule has 1 aromatic carbocycles. The lowest BCUT2D eigenvalue weighted by Gasteiger charge is -2.18. The van der Waals surface area contributed by atoms with Crippen molar-refractivity contribution in [3.05, 3.63) is 48.0 Å². The van der Waals surface area contributed by atoms with Crippen LogP contribution in [0, 0.1) is 0 Å². The number of sulfonamides is 1. The fourth-order valence-electron chi connectivity index (χ4n) is 2.94. The predicted molar refractivity (Wildman–Crippen MR) is 95.0 cm³/mol. The molecule has 1 saturated heterocycles. The molecule has 1 fully saturated rings. The van der Waals surface area contributed by atoms with Gasteiger partial charge in [-0.1, -0.05) is 6.07 Å². The van der Waals surface area contributed by atoms with Crippen molar-refractivity contribution in [2.45, 2.75) is 24.0 Å². The molecule has 1 amide bonds. The number of methoxy groups -OCH3 is 1. The van der Waals surface area contributed by atoms with Gasteiger partial charge in [0.1, 0.15) is 5.82 Å². The molecule has 8 nitrogen and oxygen atoms in total. The van der Waals surface area contributed by atoms with E-state index in [1.54, 1.807) is 36.5 Å². The fourth-order valence-corrected chi connectivity index (χ4v) is 4.12. The zero-order valence-electron chi connectivity index (χ0n) is 14.8. The number of H-pyrrole nitrogens is 1. The Balaban J connectivity index is 1.78. The highest BCUT2D eigenvalue weighted by Crippen LogP contribution is 2.20. The molecule has 9 heteroatoms. The fraction of sp³-hybridized carbons (Fsp3) is 0.412. The van der Waals surface area contributed by atoms with E-state index in [4.69, 9.17) is 4.74 Å². The molecule has 3 rings (SSSR count). The number of imidazole rings is 1. The lowest BCUT2D eigenvalue weighted by atomic mass is 10.2. The first-order chi connectivity index (χ1) is 12.4. The van der Waals surface area contributed by atoms with Crippen molar-refractivity contribution >= 4 is 15.9 Å². The standard InChI is InChI=1S/C17H22N4O4S/c1-20(12-16-18-7-8-19-16)26(23,24)15-5-3-4-13(10-15)17(22)21-9-6-14(11-21)25-2/h3-5,7-8,10,14H,6,9,11-12H2,1-2H3,(H,18,19)/t14-/m1/s1. The van der Waals surface area contributed by atoms with Crippen LogP contribution < -0.4 is 0 Å². The topological polar surface area (TPSA) is 95.6 Å². The number of aromatic nitrogens is 2. The number of amides is 1. The number of likely N-dealkylation sites (tertiary alicyclic amines) is 1. The Morgan fingerprint density at radius 1 is 1.46 bits per heavy atom. The van der Waals surface area contributed by atoms with Crippen molar-refractivity contribution in [2.24, 2.45) is 0 Å². The molecule has 0 radical (unpaired) electrons. The van der Waals surface area contributed by atoms with Gasteiger partial charge >= 0.3 is 0 Å². The summed E-state index contributed by atoms with van der Waals surface area (Å²) in [5.41, 5.74) is 0.356. The highest BCUT2D eigenvalue weighted by Gasteiger charge is 2.28. The SMILES string of the molecule is CO[C@@H]1CCN(C(=O)c2cccc(S(=O)(=O)N(C)Cc3ncc[nH]3)c2)C1. The van der Waals surface area contributed by atoms with E-state index in [1.807, 2.05) is 0 Å². The van der Waals surface area contributed by atoms with Gasteiger partial charge in [0.15, 0.2) is 0 Å². The van der Waals surface area contributed by atoms with Crippen molar-refractivity contribution in [1.29, 1.82) is 0 Å². The van der Waals surface area contributed by atoms with Crippen LogP contribution in [-0.4, -0.2) is 66.8 Å². The summed E-state index contributed by atoms with van der Waals surface area (Å²) in [6.45, 7) is 1.24. The van der Waals surface area contributed by atoms with Crippen LogP contribution in [0.1, 0.15) is 22.6 Å². The van der Waals surface area contributed by atoms with Crippen LogP contribution in [0.15, 0.2) is 41.6 Å². The van der Waals surface area contributed by atoms with Crippen LogP contribution in [-0.2, 0) is 21.3 Å². The molecule has 140 valence electrons. The maximum atomic E-state index is 12.8. The van der Waals surface area contributed by atoms with E-state index in [2.05, 4.69) is 9.97 Å². The van der Waals surface area contributed by atoms with Crippen molar-refractivity contribution < 1.29 is 17.9 Å². The van der Waals surface area contributed by atoms with Crippen LogP contribution in [0.3, 0.4) is 0 Å². The average Bonchev–Trinajstić information content (AvgIpc) is 3.32. The molecular formula is C17H22N4O4S. The second-order valence-corrected chi connectivity index (χ2v) is 8.27. The number of hydrogen-bond donors (Lipinski definition) is 1. The molecule has 0 unspecified atom stereocenters. The summed E-state index contributed by atoms with van der Waals surface area (Å²) in [5.74, 6) is 0.362. The Morgan fingerprint density at radius 2 is 2.27 bits per heavy atom. The highest BCUT2D eigenvalue weighted by atomic mass is 32.2. The number of hydrogen-bond acceptors (Lipinski definition) is 5. The second-order valence-electron chi connectivity index (χ2n) is 6.22. The average molecular weight is 378 g/mol. The van der Waals surface area contributed by atoms with Crippen LogP contribution in [0.5, 0.6) is 0 Å². The maximum absolute atomic E-state index is 12.8. The van der Waals surface area contributed by atoms with Gasteiger partial charge in [0.25, 0.3) is 5.91 Å². The summed E-state index contributed by atoms with van der Waals surface area (Å²) in [4.78, 5) is 21.4. The summed E-state index contributed by atoms with van der Waals surface area (Å²) < 4.78 is 32.1. The molecule has 1 aliphatic heterocycles. The smallest absolute Gasteiger partial charge is 0.253 e. The largest absolute Gasteiger partial charge is 0.380 e. The lowest BCUT2D eigenvalue weighted by Crippen LogP contribution is -2.30. The van der Waals surface area contributed by atoms with Gasteiger partial charge in [-0.05, 0) is 24.6 Å². The molecule has 1 atom stereocenters.